The first kappa shape index (κ1) is 15.1. The van der Waals surface area contributed by atoms with Crippen LogP contribution in [0.1, 0.15) is 32.3 Å². The molecule has 1 aromatic rings. The normalized spacial score (nSPS) is 10.5. The van der Waals surface area contributed by atoms with E-state index in [1.807, 2.05) is 26.8 Å². The topological polar surface area (TPSA) is 70.5 Å². The molecule has 1 amide bonds. The number of hydrogen-bond donors (Lipinski definition) is 1. The molecular weight excluding hydrogens is 244 g/mol. The van der Waals surface area contributed by atoms with Gasteiger partial charge in [0.25, 0.3) is 0 Å². The fraction of sp³-hybridized carbons (Fsp3) is 0.500. The molecule has 1 N–H and O–H groups in total. The van der Waals surface area contributed by atoms with Crippen molar-refractivity contribution in [1.82, 2.24) is 4.98 Å². The molecular formula is C14H20N2O3. The van der Waals surface area contributed by atoms with Crippen molar-refractivity contribution in [2.24, 2.45) is 5.92 Å². The summed E-state index contributed by atoms with van der Waals surface area (Å²) in [6.07, 6.45) is 1.93. The second kappa shape index (κ2) is 6.87. The van der Waals surface area contributed by atoms with Crippen LogP contribution in [0.15, 0.2) is 18.3 Å². The van der Waals surface area contributed by atoms with E-state index in [0.29, 0.717) is 12.2 Å². The van der Waals surface area contributed by atoms with E-state index in [1.54, 1.807) is 12.3 Å². The molecule has 0 saturated carbocycles. The van der Waals surface area contributed by atoms with Crippen molar-refractivity contribution < 1.29 is 14.7 Å². The number of nitrogens with zero attached hydrogens (tertiary/aromatic N) is 2. The Bertz CT molecular complexity index is 458. The molecule has 0 aliphatic carbocycles. The molecule has 1 heterocycles. The van der Waals surface area contributed by atoms with Gasteiger partial charge in [-0.1, -0.05) is 13.8 Å². The van der Waals surface area contributed by atoms with Crippen LogP contribution in [0.2, 0.25) is 0 Å². The monoisotopic (exact) mass is 264 g/mol. The molecule has 0 aliphatic heterocycles. The predicted octanol–water partition coefficient (Wildman–Crippen LogP) is 2.24. The first-order valence-electron chi connectivity index (χ1n) is 6.35. The van der Waals surface area contributed by atoms with Crippen molar-refractivity contribution >= 4 is 17.7 Å². The van der Waals surface area contributed by atoms with Gasteiger partial charge in [-0.05, 0) is 30.5 Å². The summed E-state index contributed by atoms with van der Waals surface area (Å²) in [7, 11) is 0. The second-order valence-electron chi connectivity index (χ2n) is 4.98. The van der Waals surface area contributed by atoms with Crippen LogP contribution >= 0.6 is 0 Å². The number of carboxylic acids is 1. The smallest absolute Gasteiger partial charge is 0.305 e. The number of hydrogen-bond acceptors (Lipinski definition) is 3. The zero-order chi connectivity index (χ0) is 14.4. The van der Waals surface area contributed by atoms with Crippen LogP contribution < -0.4 is 4.90 Å². The average Bonchev–Trinajstić information content (AvgIpc) is 2.27. The van der Waals surface area contributed by atoms with E-state index >= 15 is 0 Å². The summed E-state index contributed by atoms with van der Waals surface area (Å²) in [5, 5.41) is 8.77. The maximum absolute atomic E-state index is 12.2. The van der Waals surface area contributed by atoms with Gasteiger partial charge in [-0.25, -0.2) is 4.98 Å². The van der Waals surface area contributed by atoms with E-state index in [2.05, 4.69) is 4.98 Å². The SMILES string of the molecule is Cc1ccnc(N(CCC(=O)O)C(=O)CC(C)C)c1. The maximum atomic E-state index is 12.2. The molecule has 0 aliphatic rings. The van der Waals surface area contributed by atoms with Gasteiger partial charge < -0.3 is 5.11 Å². The molecule has 19 heavy (non-hydrogen) atoms. The third-order valence-electron chi connectivity index (χ3n) is 2.61. The van der Waals surface area contributed by atoms with Gasteiger partial charge in [-0.3, -0.25) is 14.5 Å². The zero-order valence-electron chi connectivity index (χ0n) is 11.6. The molecule has 0 unspecified atom stereocenters. The highest BCUT2D eigenvalue weighted by Gasteiger charge is 2.18. The van der Waals surface area contributed by atoms with Gasteiger partial charge in [0.2, 0.25) is 5.91 Å². The quantitative estimate of drug-likeness (QED) is 0.855. The third-order valence-corrected chi connectivity index (χ3v) is 2.61. The Balaban J connectivity index is 2.91. The lowest BCUT2D eigenvalue weighted by atomic mass is 10.1. The largest absolute Gasteiger partial charge is 0.481 e. The van der Waals surface area contributed by atoms with E-state index in [9.17, 15) is 9.59 Å². The average molecular weight is 264 g/mol. The highest BCUT2D eigenvalue weighted by molar-refractivity contribution is 5.93. The number of carbonyl (C=O) groups excluding carboxylic acids is 1. The van der Waals surface area contributed by atoms with Crippen molar-refractivity contribution in [2.45, 2.75) is 33.6 Å². The summed E-state index contributed by atoms with van der Waals surface area (Å²) in [6, 6.07) is 3.63. The summed E-state index contributed by atoms with van der Waals surface area (Å²) in [5.41, 5.74) is 0.989. The molecule has 0 spiro atoms. The number of carboxylic acid groups (broad SMARTS) is 1. The predicted molar refractivity (Wildman–Crippen MR) is 73.0 cm³/mol. The van der Waals surface area contributed by atoms with Crippen LogP contribution in [0.25, 0.3) is 0 Å². The minimum absolute atomic E-state index is 0.0839. The fourth-order valence-corrected chi connectivity index (χ4v) is 1.70. The number of aryl methyl sites for hydroxylation is 1. The molecule has 0 aromatic carbocycles. The number of aliphatic carboxylic acids is 1. The Kier molecular flexibility index (Phi) is 5.48. The Morgan fingerprint density at radius 3 is 2.63 bits per heavy atom. The lowest BCUT2D eigenvalue weighted by molar-refractivity contribution is -0.136. The van der Waals surface area contributed by atoms with Crippen molar-refractivity contribution in [3.8, 4) is 0 Å². The van der Waals surface area contributed by atoms with E-state index in [1.165, 1.54) is 4.90 Å². The van der Waals surface area contributed by atoms with Crippen molar-refractivity contribution in [3.63, 3.8) is 0 Å². The van der Waals surface area contributed by atoms with E-state index in [0.717, 1.165) is 5.56 Å². The Hall–Kier alpha value is -1.91. The first-order chi connectivity index (χ1) is 8.90. The van der Waals surface area contributed by atoms with Crippen LogP contribution in [-0.2, 0) is 9.59 Å². The zero-order valence-corrected chi connectivity index (χ0v) is 11.6. The van der Waals surface area contributed by atoms with Gasteiger partial charge in [0.1, 0.15) is 5.82 Å². The molecule has 0 radical (unpaired) electrons. The number of anilines is 1. The molecule has 0 saturated heterocycles. The van der Waals surface area contributed by atoms with Crippen LogP contribution in [0.3, 0.4) is 0 Å². The molecule has 1 aromatic heterocycles. The van der Waals surface area contributed by atoms with Crippen LogP contribution in [0.4, 0.5) is 5.82 Å². The summed E-state index contributed by atoms with van der Waals surface area (Å²) in [5.74, 6) is -0.263. The minimum atomic E-state index is -0.921. The summed E-state index contributed by atoms with van der Waals surface area (Å²) < 4.78 is 0. The molecule has 0 atom stereocenters. The minimum Gasteiger partial charge on any atom is -0.481 e. The Morgan fingerprint density at radius 2 is 2.11 bits per heavy atom. The Morgan fingerprint density at radius 1 is 1.42 bits per heavy atom. The van der Waals surface area contributed by atoms with Gasteiger partial charge >= 0.3 is 5.97 Å². The van der Waals surface area contributed by atoms with Crippen molar-refractivity contribution in [2.75, 3.05) is 11.4 Å². The number of pyridine rings is 1. The summed E-state index contributed by atoms with van der Waals surface area (Å²) >= 11 is 0. The number of rotatable bonds is 6. The highest BCUT2D eigenvalue weighted by Crippen LogP contribution is 2.16. The van der Waals surface area contributed by atoms with Crippen LogP contribution in [0.5, 0.6) is 0 Å². The van der Waals surface area contributed by atoms with Gasteiger partial charge in [0.15, 0.2) is 0 Å². The van der Waals surface area contributed by atoms with Crippen LogP contribution in [0, 0.1) is 12.8 Å². The number of amides is 1. The Labute approximate surface area is 113 Å². The van der Waals surface area contributed by atoms with Crippen molar-refractivity contribution in [1.29, 1.82) is 0 Å². The molecule has 0 bridgehead atoms. The van der Waals surface area contributed by atoms with Gasteiger partial charge in [0.05, 0.1) is 6.42 Å². The third kappa shape index (κ3) is 5.07. The van der Waals surface area contributed by atoms with E-state index in [-0.39, 0.29) is 24.8 Å². The fourth-order valence-electron chi connectivity index (χ4n) is 1.70. The summed E-state index contributed by atoms with van der Waals surface area (Å²) in [4.78, 5) is 28.5. The lowest BCUT2D eigenvalue weighted by Crippen LogP contribution is -2.34. The molecule has 1 rings (SSSR count). The summed E-state index contributed by atoms with van der Waals surface area (Å²) in [6.45, 7) is 5.97. The van der Waals surface area contributed by atoms with Gasteiger partial charge in [-0.2, -0.15) is 0 Å². The maximum Gasteiger partial charge on any atom is 0.305 e. The second-order valence-corrected chi connectivity index (χ2v) is 4.98. The number of carbonyl (C=O) groups is 2. The molecule has 104 valence electrons. The van der Waals surface area contributed by atoms with Gasteiger partial charge in [0, 0.05) is 19.2 Å². The molecule has 0 fully saturated rings. The van der Waals surface area contributed by atoms with Crippen LogP contribution in [-0.4, -0.2) is 28.5 Å². The lowest BCUT2D eigenvalue weighted by Gasteiger charge is -2.22. The number of aromatic nitrogens is 1. The molecule has 5 heteroatoms. The van der Waals surface area contributed by atoms with Gasteiger partial charge in [-0.15, -0.1) is 0 Å². The van der Waals surface area contributed by atoms with E-state index in [4.69, 9.17) is 5.11 Å². The highest BCUT2D eigenvalue weighted by atomic mass is 16.4. The van der Waals surface area contributed by atoms with E-state index < -0.39 is 5.97 Å². The standard InChI is InChI=1S/C14H20N2O3/c1-10(2)8-13(17)16(7-5-14(18)19)12-9-11(3)4-6-15-12/h4,6,9-10H,5,7-8H2,1-3H3,(H,18,19). The molecule has 5 nitrogen and oxygen atoms in total. The first-order valence-corrected chi connectivity index (χ1v) is 6.35. The van der Waals surface area contributed by atoms with Crippen molar-refractivity contribution in [3.05, 3.63) is 23.9 Å².